The van der Waals surface area contributed by atoms with E-state index in [1.54, 1.807) is 6.20 Å². The van der Waals surface area contributed by atoms with Crippen LogP contribution in [0.5, 0.6) is 0 Å². The van der Waals surface area contributed by atoms with E-state index >= 15 is 0 Å². The first kappa shape index (κ1) is 6.91. The highest BCUT2D eigenvalue weighted by Crippen LogP contribution is 2.30. The molecule has 4 heteroatoms. The highest BCUT2D eigenvalue weighted by Gasteiger charge is 2.27. The summed E-state index contributed by atoms with van der Waals surface area (Å²) in [5.74, 6) is 0.517. The molecule has 1 heterocycles. The molecule has 0 aliphatic heterocycles. The molecule has 2 rings (SSSR count). The van der Waals surface area contributed by atoms with Crippen molar-refractivity contribution in [2.45, 2.75) is 19.3 Å². The second-order valence-electron chi connectivity index (χ2n) is 2.77. The van der Waals surface area contributed by atoms with Gasteiger partial charge in [-0.15, -0.1) is 5.10 Å². The number of carbonyl (C=O) groups excluding carboxylic acids is 1. The van der Waals surface area contributed by atoms with Crippen LogP contribution in [-0.4, -0.2) is 15.4 Å². The number of hydrogen-bond acceptors (Lipinski definition) is 4. The largest absolute Gasteiger partial charge is 0.293 e. The van der Waals surface area contributed by atoms with Crippen LogP contribution in [0, 0.1) is 5.92 Å². The Hall–Kier alpha value is -0.770. The molecule has 0 bridgehead atoms. The molecular weight excluding hydrogens is 160 g/mol. The molecule has 0 atom stereocenters. The number of nitrogens with zero attached hydrogens (tertiary/aromatic N) is 2. The summed E-state index contributed by atoms with van der Waals surface area (Å²) >= 11 is 1.20. The van der Waals surface area contributed by atoms with E-state index in [0.29, 0.717) is 0 Å². The lowest BCUT2D eigenvalue weighted by molar-refractivity contribution is 0.0859. The minimum absolute atomic E-state index is 0.242. The lowest BCUT2D eigenvalue weighted by Gasteiger charge is -2.22. The normalized spacial score (nSPS) is 17.8. The summed E-state index contributed by atoms with van der Waals surface area (Å²) in [5, 5.41) is 3.63. The first-order valence-corrected chi connectivity index (χ1v) is 4.47. The van der Waals surface area contributed by atoms with Crippen molar-refractivity contribution in [2.24, 2.45) is 5.92 Å². The molecule has 0 N–H and O–H groups in total. The molecule has 0 amide bonds. The van der Waals surface area contributed by atoms with Gasteiger partial charge in [-0.1, -0.05) is 10.9 Å². The van der Waals surface area contributed by atoms with Gasteiger partial charge in [0.25, 0.3) is 0 Å². The number of hydrogen-bond donors (Lipinski definition) is 0. The van der Waals surface area contributed by atoms with E-state index in [-0.39, 0.29) is 11.7 Å². The van der Waals surface area contributed by atoms with Crippen LogP contribution in [0.25, 0.3) is 0 Å². The van der Waals surface area contributed by atoms with Gasteiger partial charge in [-0.25, -0.2) is 0 Å². The van der Waals surface area contributed by atoms with E-state index in [1.807, 2.05) is 0 Å². The van der Waals surface area contributed by atoms with Gasteiger partial charge >= 0.3 is 0 Å². The maximum atomic E-state index is 11.4. The van der Waals surface area contributed by atoms with Crippen molar-refractivity contribution >= 4 is 17.3 Å². The van der Waals surface area contributed by atoms with Crippen molar-refractivity contribution in [3.63, 3.8) is 0 Å². The van der Waals surface area contributed by atoms with Crippen molar-refractivity contribution in [3.8, 4) is 0 Å². The Kier molecular flexibility index (Phi) is 1.69. The molecule has 0 saturated heterocycles. The van der Waals surface area contributed by atoms with Crippen LogP contribution in [0.3, 0.4) is 0 Å². The molecule has 1 saturated carbocycles. The summed E-state index contributed by atoms with van der Waals surface area (Å²) in [6.45, 7) is 0. The summed E-state index contributed by atoms with van der Waals surface area (Å²) < 4.78 is 3.65. The number of aromatic nitrogens is 2. The molecule has 1 aliphatic rings. The molecule has 1 aliphatic carbocycles. The highest BCUT2D eigenvalue weighted by molar-refractivity contribution is 7.07. The Balaban J connectivity index is 2.10. The fraction of sp³-hybridized carbons (Fsp3) is 0.571. The smallest absolute Gasteiger partial charge is 0.179 e. The number of rotatable bonds is 2. The van der Waals surface area contributed by atoms with Crippen LogP contribution < -0.4 is 0 Å². The van der Waals surface area contributed by atoms with Gasteiger partial charge in [-0.05, 0) is 24.4 Å². The monoisotopic (exact) mass is 168 g/mol. The second kappa shape index (κ2) is 2.70. The summed E-state index contributed by atoms with van der Waals surface area (Å²) in [6, 6.07) is 0. The average Bonchev–Trinajstić information content (AvgIpc) is 2.32. The summed E-state index contributed by atoms with van der Waals surface area (Å²) in [7, 11) is 0. The Labute approximate surface area is 68.6 Å². The molecule has 0 spiro atoms. The van der Waals surface area contributed by atoms with E-state index in [9.17, 15) is 4.79 Å². The molecule has 11 heavy (non-hydrogen) atoms. The predicted molar refractivity (Wildman–Crippen MR) is 41.6 cm³/mol. The standard InChI is InChI=1S/C7H8N2OS/c10-7(5-2-1-3-5)6-4-8-9-11-6/h4-5H,1-3H2. The lowest BCUT2D eigenvalue weighted by atomic mass is 9.82. The third-order valence-corrected chi connectivity index (χ3v) is 2.76. The maximum absolute atomic E-state index is 11.4. The summed E-state index contributed by atoms with van der Waals surface area (Å²) in [5.41, 5.74) is 0. The predicted octanol–water partition coefficient (Wildman–Crippen LogP) is 1.52. The van der Waals surface area contributed by atoms with Gasteiger partial charge in [0.05, 0.1) is 6.20 Å². The van der Waals surface area contributed by atoms with Crippen LogP contribution in [0.2, 0.25) is 0 Å². The minimum Gasteiger partial charge on any atom is -0.293 e. The van der Waals surface area contributed by atoms with Crippen LogP contribution in [0.15, 0.2) is 6.20 Å². The van der Waals surface area contributed by atoms with E-state index in [2.05, 4.69) is 9.59 Å². The van der Waals surface area contributed by atoms with E-state index in [0.717, 1.165) is 17.7 Å². The fourth-order valence-corrected chi connectivity index (χ4v) is 1.68. The number of ketones is 1. The van der Waals surface area contributed by atoms with E-state index < -0.39 is 0 Å². The highest BCUT2D eigenvalue weighted by atomic mass is 32.1. The average molecular weight is 168 g/mol. The molecule has 0 aromatic carbocycles. The summed E-state index contributed by atoms with van der Waals surface area (Å²) in [6.07, 6.45) is 4.86. The summed E-state index contributed by atoms with van der Waals surface area (Å²) in [4.78, 5) is 12.1. The quantitative estimate of drug-likeness (QED) is 0.629. The molecule has 1 aromatic heterocycles. The molecule has 1 fully saturated rings. The van der Waals surface area contributed by atoms with Crippen molar-refractivity contribution in [1.82, 2.24) is 9.59 Å². The van der Waals surface area contributed by atoms with E-state index in [4.69, 9.17) is 0 Å². The third-order valence-electron chi connectivity index (χ3n) is 2.08. The number of Topliss-reactive ketones (excluding diaryl/α,β-unsaturated/α-hetero) is 1. The molecule has 3 nitrogen and oxygen atoms in total. The zero-order valence-corrected chi connectivity index (χ0v) is 6.80. The lowest BCUT2D eigenvalue weighted by Crippen LogP contribution is -2.20. The minimum atomic E-state index is 0.242. The van der Waals surface area contributed by atoms with Gasteiger partial charge < -0.3 is 0 Å². The Morgan fingerprint density at radius 1 is 1.64 bits per heavy atom. The van der Waals surface area contributed by atoms with Crippen molar-refractivity contribution < 1.29 is 4.79 Å². The van der Waals surface area contributed by atoms with Gasteiger partial charge in [0.2, 0.25) is 0 Å². The van der Waals surface area contributed by atoms with Crippen LogP contribution in [-0.2, 0) is 0 Å². The van der Waals surface area contributed by atoms with E-state index in [1.165, 1.54) is 18.0 Å². The third kappa shape index (κ3) is 1.18. The van der Waals surface area contributed by atoms with Crippen LogP contribution in [0.1, 0.15) is 28.9 Å². The maximum Gasteiger partial charge on any atom is 0.179 e. The van der Waals surface area contributed by atoms with Crippen molar-refractivity contribution in [3.05, 3.63) is 11.1 Å². The molecule has 0 radical (unpaired) electrons. The van der Waals surface area contributed by atoms with Gasteiger partial charge in [0.15, 0.2) is 5.78 Å². The Bertz CT molecular complexity index is 253. The SMILES string of the molecule is O=C(c1cnns1)C1CCC1. The van der Waals surface area contributed by atoms with Gasteiger partial charge in [0.1, 0.15) is 4.88 Å². The topological polar surface area (TPSA) is 42.9 Å². The van der Waals surface area contributed by atoms with Crippen LogP contribution in [0.4, 0.5) is 0 Å². The van der Waals surface area contributed by atoms with Gasteiger partial charge in [-0.3, -0.25) is 4.79 Å². The Morgan fingerprint density at radius 3 is 2.91 bits per heavy atom. The van der Waals surface area contributed by atoms with Gasteiger partial charge in [0, 0.05) is 5.92 Å². The molecular formula is C7H8N2OS. The zero-order valence-electron chi connectivity index (χ0n) is 5.99. The molecule has 0 unspecified atom stereocenters. The second-order valence-corrected chi connectivity index (χ2v) is 3.56. The van der Waals surface area contributed by atoms with Crippen molar-refractivity contribution in [1.29, 1.82) is 0 Å². The molecule has 1 aromatic rings. The van der Waals surface area contributed by atoms with Crippen LogP contribution >= 0.6 is 11.5 Å². The molecule has 58 valence electrons. The number of carbonyl (C=O) groups is 1. The van der Waals surface area contributed by atoms with Gasteiger partial charge in [-0.2, -0.15) is 0 Å². The first-order valence-electron chi connectivity index (χ1n) is 3.69. The zero-order chi connectivity index (χ0) is 7.68. The first-order chi connectivity index (χ1) is 5.38. The fourth-order valence-electron chi connectivity index (χ4n) is 1.15. The van der Waals surface area contributed by atoms with Crippen molar-refractivity contribution in [2.75, 3.05) is 0 Å². The Morgan fingerprint density at radius 2 is 2.45 bits per heavy atom.